The van der Waals surface area contributed by atoms with Gasteiger partial charge in [0.05, 0.1) is 16.5 Å². The minimum Gasteiger partial charge on any atom is -0.489 e. The molecule has 3 aliphatic heterocycles. The van der Waals surface area contributed by atoms with Gasteiger partial charge in [0.2, 0.25) is 0 Å². The molecule has 35 heavy (non-hydrogen) atoms. The Morgan fingerprint density at radius 1 is 1.09 bits per heavy atom. The number of halogens is 1. The molecule has 0 aromatic heterocycles. The van der Waals surface area contributed by atoms with Crippen molar-refractivity contribution in [3.8, 4) is 11.5 Å². The van der Waals surface area contributed by atoms with Gasteiger partial charge < -0.3 is 14.4 Å². The highest BCUT2D eigenvalue weighted by atomic mass is 35.5. The molecule has 5 atom stereocenters. The Hall–Kier alpha value is -2.09. The Balaban J connectivity index is 1.04. The molecule has 1 amide bonds. The van der Waals surface area contributed by atoms with Crippen LogP contribution < -0.4 is 14.4 Å². The van der Waals surface area contributed by atoms with Gasteiger partial charge in [0.15, 0.2) is 0 Å². The van der Waals surface area contributed by atoms with E-state index in [1.165, 1.54) is 12.8 Å². The Morgan fingerprint density at radius 3 is 2.66 bits per heavy atom. The molecule has 1 spiro atoms. The molecule has 2 saturated carbocycles. The molecule has 2 unspecified atom stereocenters. The Kier molecular flexibility index (Phi) is 5.03. The Morgan fingerprint density at radius 2 is 1.94 bits per heavy atom. The van der Waals surface area contributed by atoms with E-state index in [-0.39, 0.29) is 18.1 Å². The molecule has 0 radical (unpaired) electrons. The van der Waals surface area contributed by atoms with Crippen molar-refractivity contribution in [2.75, 3.05) is 30.0 Å². The van der Waals surface area contributed by atoms with Crippen molar-refractivity contribution in [1.82, 2.24) is 4.90 Å². The standard InChI is InChI=1S/C27H29ClN2O4S/c1-29-25-13-20(11-17-6-8-27(17,25)29)34-24-5-2-18(12-23(24)28)30-9-7-16-10-19(3-4-22(16)26(30)31)33-21-14-35(32)15-21/h2-5,10,12,17,20-21,25H,6-9,11,13-15H2,1H3/t17-,20+,21?,25-,27?,29?,35?/m1/s1. The van der Waals surface area contributed by atoms with Crippen LogP contribution in [0.5, 0.6) is 11.5 Å². The minimum atomic E-state index is -0.745. The zero-order valence-electron chi connectivity index (χ0n) is 19.7. The van der Waals surface area contributed by atoms with Gasteiger partial charge in [-0.1, -0.05) is 11.6 Å². The molecule has 4 fully saturated rings. The van der Waals surface area contributed by atoms with Gasteiger partial charge in [0, 0.05) is 46.6 Å². The lowest BCUT2D eigenvalue weighted by Crippen LogP contribution is -2.46. The monoisotopic (exact) mass is 512 g/mol. The molecule has 2 saturated heterocycles. The second-order valence-corrected chi connectivity index (χ2v) is 12.7. The van der Waals surface area contributed by atoms with Crippen LogP contribution in [-0.4, -0.2) is 63.9 Å². The first-order chi connectivity index (χ1) is 16.9. The second-order valence-electron chi connectivity index (χ2n) is 10.7. The average molecular weight is 513 g/mol. The summed E-state index contributed by atoms with van der Waals surface area (Å²) in [5.41, 5.74) is 2.96. The number of ether oxygens (including phenoxy) is 2. The van der Waals surface area contributed by atoms with Crippen LogP contribution in [0.15, 0.2) is 36.4 Å². The number of hydrogen-bond acceptors (Lipinski definition) is 5. The van der Waals surface area contributed by atoms with Gasteiger partial charge in [-0.25, -0.2) is 0 Å². The molecule has 6 nitrogen and oxygen atoms in total. The van der Waals surface area contributed by atoms with Gasteiger partial charge in [-0.2, -0.15) is 0 Å². The summed E-state index contributed by atoms with van der Waals surface area (Å²) in [6.07, 6.45) is 5.77. The number of fused-ring (bicyclic) bond motifs is 1. The zero-order valence-corrected chi connectivity index (χ0v) is 21.3. The number of benzene rings is 2. The third kappa shape index (κ3) is 3.45. The number of nitrogens with zero attached hydrogens (tertiary/aromatic N) is 2. The number of likely N-dealkylation sites (tertiary alicyclic amines) is 1. The maximum absolute atomic E-state index is 13.3. The van der Waals surface area contributed by atoms with E-state index in [1.54, 1.807) is 4.90 Å². The Labute approximate surface area is 213 Å². The predicted molar refractivity (Wildman–Crippen MR) is 136 cm³/mol. The number of anilines is 1. The van der Waals surface area contributed by atoms with Crippen LogP contribution in [0.4, 0.5) is 5.69 Å². The number of carbonyl (C=O) groups is 1. The van der Waals surface area contributed by atoms with Crippen LogP contribution in [0.3, 0.4) is 0 Å². The van der Waals surface area contributed by atoms with E-state index in [4.69, 9.17) is 21.1 Å². The van der Waals surface area contributed by atoms with Crippen molar-refractivity contribution in [3.63, 3.8) is 0 Å². The van der Waals surface area contributed by atoms with E-state index < -0.39 is 10.8 Å². The van der Waals surface area contributed by atoms with Gasteiger partial charge in [0.1, 0.15) is 23.7 Å². The fraction of sp³-hybridized carbons (Fsp3) is 0.519. The summed E-state index contributed by atoms with van der Waals surface area (Å²) < 4.78 is 23.6. The molecule has 2 aliphatic carbocycles. The molecule has 0 N–H and O–H groups in total. The Bertz CT molecular complexity index is 1240. The second kappa shape index (κ2) is 7.95. The number of carbonyl (C=O) groups excluding carboxylic acids is 1. The molecular formula is C27H29ClN2O4S. The first-order valence-electron chi connectivity index (χ1n) is 12.6. The highest BCUT2D eigenvalue weighted by molar-refractivity contribution is 7.86. The summed E-state index contributed by atoms with van der Waals surface area (Å²) in [5.74, 6) is 3.35. The lowest BCUT2D eigenvalue weighted by molar-refractivity contribution is 0.0655. The van der Waals surface area contributed by atoms with Crippen LogP contribution in [0.25, 0.3) is 0 Å². The summed E-state index contributed by atoms with van der Waals surface area (Å²) >= 11 is 6.66. The van der Waals surface area contributed by atoms with Crippen molar-refractivity contribution < 1.29 is 18.5 Å². The quantitative estimate of drug-likeness (QED) is 0.565. The highest BCUT2D eigenvalue weighted by Gasteiger charge is 2.71. The van der Waals surface area contributed by atoms with E-state index in [0.717, 1.165) is 42.2 Å². The van der Waals surface area contributed by atoms with E-state index in [0.29, 0.717) is 46.0 Å². The zero-order chi connectivity index (χ0) is 23.9. The van der Waals surface area contributed by atoms with Crippen LogP contribution >= 0.6 is 11.6 Å². The lowest BCUT2D eigenvalue weighted by atomic mass is 9.64. The maximum Gasteiger partial charge on any atom is 0.258 e. The molecule has 0 bridgehead atoms. The molecule has 8 heteroatoms. The number of rotatable bonds is 5. The summed E-state index contributed by atoms with van der Waals surface area (Å²) in [4.78, 5) is 17.6. The highest BCUT2D eigenvalue weighted by Crippen LogP contribution is 2.64. The first kappa shape index (κ1) is 22.1. The fourth-order valence-electron chi connectivity index (χ4n) is 6.90. The molecule has 3 heterocycles. The predicted octanol–water partition coefficient (Wildman–Crippen LogP) is 4.06. The first-order valence-corrected chi connectivity index (χ1v) is 14.4. The minimum absolute atomic E-state index is 0.0163. The molecular weight excluding hydrogens is 484 g/mol. The average Bonchev–Trinajstić information content (AvgIpc) is 3.43. The topological polar surface area (TPSA) is 58.9 Å². The van der Waals surface area contributed by atoms with Gasteiger partial charge in [0.25, 0.3) is 5.91 Å². The normalized spacial score (nSPS) is 36.7. The number of hydrogen-bond donors (Lipinski definition) is 0. The molecule has 5 aliphatic rings. The van der Waals surface area contributed by atoms with Crippen LogP contribution in [0.2, 0.25) is 5.02 Å². The van der Waals surface area contributed by atoms with Gasteiger partial charge in [-0.3, -0.25) is 13.9 Å². The van der Waals surface area contributed by atoms with Crippen LogP contribution in [0, 0.1) is 5.92 Å². The van der Waals surface area contributed by atoms with Crippen molar-refractivity contribution in [1.29, 1.82) is 0 Å². The van der Waals surface area contributed by atoms with Gasteiger partial charge >= 0.3 is 0 Å². The molecule has 2 aromatic rings. The SMILES string of the molecule is CN1[C@@H]2C[C@@H](Oc3ccc(N4CCc5cc(OC6CS(=O)C6)ccc5C4=O)cc3Cl)C[C@H]3CCC321. The van der Waals surface area contributed by atoms with Crippen LogP contribution in [0.1, 0.15) is 41.6 Å². The van der Waals surface area contributed by atoms with Gasteiger partial charge in [-0.05, 0) is 80.6 Å². The summed E-state index contributed by atoms with van der Waals surface area (Å²) in [5, 5.41) is 0.553. The third-order valence-electron chi connectivity index (χ3n) is 8.99. The van der Waals surface area contributed by atoms with Gasteiger partial charge in [-0.15, -0.1) is 0 Å². The summed E-state index contributed by atoms with van der Waals surface area (Å²) in [6, 6.07) is 12.0. The summed E-state index contributed by atoms with van der Waals surface area (Å²) in [6.45, 7) is 0.583. The molecule has 184 valence electrons. The lowest BCUT2D eigenvalue weighted by Gasteiger charge is -2.43. The fourth-order valence-corrected chi connectivity index (χ4v) is 7.99. The van der Waals surface area contributed by atoms with Crippen molar-refractivity contribution >= 4 is 34.0 Å². The third-order valence-corrected chi connectivity index (χ3v) is 10.8. The van der Waals surface area contributed by atoms with Crippen molar-refractivity contribution in [3.05, 3.63) is 52.5 Å². The van der Waals surface area contributed by atoms with E-state index >= 15 is 0 Å². The van der Waals surface area contributed by atoms with Crippen molar-refractivity contribution in [2.24, 2.45) is 5.92 Å². The molecule has 2 aromatic carbocycles. The number of amides is 1. The van der Waals surface area contributed by atoms with E-state index in [9.17, 15) is 9.00 Å². The maximum atomic E-state index is 13.3. The van der Waals surface area contributed by atoms with Crippen LogP contribution in [-0.2, 0) is 17.2 Å². The van der Waals surface area contributed by atoms with E-state index in [2.05, 4.69) is 11.9 Å². The number of likely N-dealkylation sites (N-methyl/N-ethyl adjacent to an activating group) is 1. The van der Waals surface area contributed by atoms with E-state index in [1.807, 2.05) is 36.4 Å². The van der Waals surface area contributed by atoms with Crippen molar-refractivity contribution in [2.45, 2.75) is 55.9 Å². The smallest absolute Gasteiger partial charge is 0.258 e. The molecule has 7 rings (SSSR count). The summed E-state index contributed by atoms with van der Waals surface area (Å²) in [7, 11) is 1.51. The largest absolute Gasteiger partial charge is 0.489 e.